The summed E-state index contributed by atoms with van der Waals surface area (Å²) in [5, 5.41) is 15.9. The van der Waals surface area contributed by atoms with E-state index in [4.69, 9.17) is 0 Å². The fraction of sp³-hybridized carbons (Fsp3) is 0.348. The van der Waals surface area contributed by atoms with E-state index >= 15 is 0 Å². The highest BCUT2D eigenvalue weighted by molar-refractivity contribution is 6.22. The van der Waals surface area contributed by atoms with Crippen LogP contribution in [0.1, 0.15) is 121 Å². The van der Waals surface area contributed by atoms with Crippen LogP contribution in [-0.4, -0.2) is 13.7 Å². The molecule has 9 aromatic carbocycles. The predicted molar refractivity (Wildman–Crippen MR) is 334 cm³/mol. The number of aromatic nitrogens is 6. The van der Waals surface area contributed by atoms with Crippen molar-refractivity contribution in [1.29, 1.82) is 0 Å². The van der Waals surface area contributed by atoms with E-state index in [1.807, 2.05) is 83.1 Å². The van der Waals surface area contributed by atoms with Crippen LogP contribution in [0.2, 0.25) is 0 Å². The van der Waals surface area contributed by atoms with Crippen LogP contribution < -0.4 is 13.7 Å². The van der Waals surface area contributed by atoms with Gasteiger partial charge in [-0.2, -0.15) is 0 Å². The summed E-state index contributed by atoms with van der Waals surface area (Å²) in [6.07, 6.45) is 0. The minimum Gasteiger partial charge on any atom is -0.230 e. The van der Waals surface area contributed by atoms with Gasteiger partial charge >= 0.3 is 0 Å². The van der Waals surface area contributed by atoms with Crippen LogP contribution in [0.3, 0.4) is 0 Å². The topological polar surface area (TPSA) is 26.4 Å². The zero-order chi connectivity index (χ0) is 55.7. The Morgan fingerprint density at radius 2 is 0.627 bits per heavy atom. The number of hydrogen-bond acceptors (Lipinski definition) is 0. The summed E-state index contributed by atoms with van der Waals surface area (Å²) in [5.41, 5.74) is 7.99. The first-order chi connectivity index (χ1) is 36.7. The number of hydrogen-bond donors (Lipinski definition) is 0. The first-order valence-electron chi connectivity index (χ1n) is 28.5. The molecule has 0 spiro atoms. The van der Waals surface area contributed by atoms with Crippen molar-refractivity contribution < 1.29 is 13.7 Å². The van der Waals surface area contributed by atoms with Crippen LogP contribution >= 0.6 is 0 Å². The van der Waals surface area contributed by atoms with Gasteiger partial charge in [-0.15, -0.1) is 0 Å². The van der Waals surface area contributed by atoms with Crippen molar-refractivity contribution in [3.63, 3.8) is 0 Å². The summed E-state index contributed by atoms with van der Waals surface area (Å²) in [6, 6.07) is 52.8. The van der Waals surface area contributed by atoms with Crippen molar-refractivity contribution in [3.05, 3.63) is 163 Å². The molecule has 0 atom stereocenters. The zero-order valence-electron chi connectivity index (χ0n) is 50.2. The van der Waals surface area contributed by atoms with Crippen LogP contribution in [0.25, 0.3) is 97.7 Å². The molecule has 0 bridgehead atoms. The average molecular weight is 1010 g/mol. The molecular weight excluding hydrogens is 913 g/mol. The van der Waals surface area contributed by atoms with Gasteiger partial charge in [0.15, 0.2) is 33.1 Å². The normalized spacial score (nSPS) is 10.4. The molecule has 12 rings (SSSR count). The second kappa shape index (κ2) is 28.6. The molecule has 0 N–H and O–H groups in total. The second-order valence-electron chi connectivity index (χ2n) is 17.0. The van der Waals surface area contributed by atoms with E-state index in [9.17, 15) is 0 Å². The molecular formula is C69H93N6+3. The van der Waals surface area contributed by atoms with Crippen molar-refractivity contribution >= 4 is 97.7 Å². The third-order valence-corrected chi connectivity index (χ3v) is 14.0. The molecule has 3 aromatic heterocycles. The van der Waals surface area contributed by atoms with Gasteiger partial charge in [-0.1, -0.05) is 174 Å². The van der Waals surface area contributed by atoms with Gasteiger partial charge in [0.2, 0.25) is 0 Å². The third-order valence-electron chi connectivity index (χ3n) is 14.0. The Balaban J connectivity index is 0.000000221. The Bertz CT molecular complexity index is 3700. The summed E-state index contributed by atoms with van der Waals surface area (Å²) in [7, 11) is 6.50. The minimum absolute atomic E-state index is 0.992. The maximum atomic E-state index is 2.42. The molecule has 396 valence electrons. The summed E-state index contributed by atoms with van der Waals surface area (Å²) in [6.45, 7) is 40.2. The van der Waals surface area contributed by atoms with Crippen LogP contribution in [0, 0.1) is 20.8 Å². The Kier molecular flexibility index (Phi) is 23.1. The third kappa shape index (κ3) is 11.3. The van der Waals surface area contributed by atoms with Crippen molar-refractivity contribution in [2.24, 2.45) is 21.1 Å². The molecule has 0 radical (unpaired) electrons. The molecule has 12 aromatic rings. The van der Waals surface area contributed by atoms with Crippen molar-refractivity contribution in [1.82, 2.24) is 13.7 Å². The fourth-order valence-electron chi connectivity index (χ4n) is 10.6. The molecule has 0 aliphatic carbocycles. The van der Waals surface area contributed by atoms with Gasteiger partial charge in [-0.25, -0.2) is 27.4 Å². The first kappa shape index (κ1) is 60.5. The van der Waals surface area contributed by atoms with Crippen LogP contribution in [0.5, 0.6) is 0 Å². The summed E-state index contributed by atoms with van der Waals surface area (Å²) in [5.74, 6) is 3.90. The van der Waals surface area contributed by atoms with Gasteiger partial charge in [0.25, 0.3) is 17.5 Å². The lowest BCUT2D eigenvalue weighted by Crippen LogP contribution is -2.31. The molecule has 75 heavy (non-hydrogen) atoms. The number of imidazole rings is 3. The molecule has 0 saturated carbocycles. The first-order valence-corrected chi connectivity index (χ1v) is 28.5. The largest absolute Gasteiger partial charge is 0.254 e. The summed E-state index contributed by atoms with van der Waals surface area (Å²) < 4.78 is 14.1. The number of benzene rings is 9. The summed E-state index contributed by atoms with van der Waals surface area (Å²) >= 11 is 0. The maximum absolute atomic E-state index is 2.42. The standard InChI is InChI=1S/3C19H19N2.6C2H6/c1-4-21-13(2)20(3)18-16-11-7-5-9-14(16)15-10-6-8-12-17(15)19(18)21;1-4-21-13(2)20(3)19-17-12-15-8-6-5-7-14(15)11-16(17)9-10-18(19)21;1-4-21-13(2)20(3)19-17-10-9-14-7-5-6-8-15(14)16(17)11-12-18(19)21;6*1-2/h3*5-12H,4H2,1-3H3;6*1-2H3/q3*+1;;;;;;. The average Bonchev–Trinajstić information content (AvgIpc) is 4.02. The SMILES string of the molecule is CC.CC.CC.CC.CC.CC.CCn1c(C)[n+](C)c2c3cc4ccccc4cc3ccc21.CCn1c(C)[n+](C)c2c3ccc4ccccc4c3ccc21.CCn1c(C)[n+](C)c2c3ccccc3c3ccccc3c21. The highest BCUT2D eigenvalue weighted by Gasteiger charge is 2.25. The second-order valence-corrected chi connectivity index (χ2v) is 17.0. The quantitative estimate of drug-likeness (QED) is 0.0958. The van der Waals surface area contributed by atoms with E-state index in [1.54, 1.807) is 0 Å². The molecule has 0 aliphatic rings. The number of aryl methyl sites for hydroxylation is 6. The van der Waals surface area contributed by atoms with Gasteiger partial charge in [0.1, 0.15) is 0 Å². The smallest absolute Gasteiger partial charge is 0.230 e. The number of nitrogens with zero attached hydrogens (tertiary/aromatic N) is 6. The van der Waals surface area contributed by atoms with E-state index in [0.29, 0.717) is 0 Å². The molecule has 0 aliphatic heterocycles. The van der Waals surface area contributed by atoms with Crippen LogP contribution in [0.15, 0.2) is 146 Å². The fourth-order valence-corrected chi connectivity index (χ4v) is 10.6. The van der Waals surface area contributed by atoms with Crippen LogP contribution in [0.4, 0.5) is 0 Å². The van der Waals surface area contributed by atoms with Crippen molar-refractivity contribution in [3.8, 4) is 0 Å². The van der Waals surface area contributed by atoms with E-state index in [2.05, 4.69) is 236 Å². The lowest BCUT2D eigenvalue weighted by Gasteiger charge is -2.05. The molecule has 0 fully saturated rings. The number of fused-ring (bicyclic) bond motifs is 15. The van der Waals surface area contributed by atoms with E-state index < -0.39 is 0 Å². The lowest BCUT2D eigenvalue weighted by molar-refractivity contribution is -0.651. The van der Waals surface area contributed by atoms with Gasteiger partial charge in [0.05, 0.1) is 40.8 Å². The highest BCUT2D eigenvalue weighted by atomic mass is 15.2. The maximum Gasteiger partial charge on any atom is 0.254 e. The van der Waals surface area contributed by atoms with Gasteiger partial charge in [-0.05, 0) is 118 Å². The molecule has 6 nitrogen and oxygen atoms in total. The van der Waals surface area contributed by atoms with E-state index in [0.717, 1.165) is 19.6 Å². The van der Waals surface area contributed by atoms with Crippen molar-refractivity contribution in [2.45, 2.75) is 144 Å². The monoisotopic (exact) mass is 1010 g/mol. The lowest BCUT2D eigenvalue weighted by atomic mass is 10.00. The predicted octanol–water partition coefficient (Wildman–Crippen LogP) is 18.5. The molecule has 0 saturated heterocycles. The molecule has 0 amide bonds. The molecule has 6 heteroatoms. The Hall–Kier alpha value is -7.05. The van der Waals surface area contributed by atoms with E-state index in [-0.39, 0.29) is 0 Å². The van der Waals surface area contributed by atoms with Crippen LogP contribution in [-0.2, 0) is 40.8 Å². The Labute approximate surface area is 451 Å². The van der Waals surface area contributed by atoms with Gasteiger partial charge in [-0.3, -0.25) is 0 Å². The van der Waals surface area contributed by atoms with E-state index in [1.165, 1.54) is 115 Å². The molecule has 3 heterocycles. The molecule has 0 unspecified atom stereocenters. The van der Waals surface area contributed by atoms with Gasteiger partial charge in [0, 0.05) is 42.3 Å². The van der Waals surface area contributed by atoms with Crippen molar-refractivity contribution in [2.75, 3.05) is 0 Å². The Morgan fingerprint density at radius 1 is 0.293 bits per heavy atom. The highest BCUT2D eigenvalue weighted by Crippen LogP contribution is 2.35. The minimum atomic E-state index is 0.992. The van der Waals surface area contributed by atoms with Gasteiger partial charge < -0.3 is 0 Å². The Morgan fingerprint density at radius 3 is 1.15 bits per heavy atom. The summed E-state index contributed by atoms with van der Waals surface area (Å²) in [4.78, 5) is 0. The zero-order valence-corrected chi connectivity index (χ0v) is 50.2. The number of rotatable bonds is 3.